The standard InChI is InChI=1S/C12H12BrF2NO/c1-16-12(9-3-2-6-17-9)7-4-5-8(14)11(15)10(7)13/h3-5,12,16H,2,6H2,1H3. The molecular weight excluding hydrogens is 292 g/mol. The average Bonchev–Trinajstić information content (AvgIpc) is 2.84. The van der Waals surface area contributed by atoms with Gasteiger partial charge in [-0.25, -0.2) is 8.78 Å². The molecule has 2 rings (SSSR count). The van der Waals surface area contributed by atoms with E-state index in [1.54, 1.807) is 13.1 Å². The van der Waals surface area contributed by atoms with Crippen molar-refractivity contribution < 1.29 is 13.5 Å². The number of ether oxygens (including phenoxy) is 1. The Labute approximate surface area is 107 Å². The molecule has 92 valence electrons. The molecule has 0 aliphatic carbocycles. The number of likely N-dealkylation sites (N-methyl/N-ethyl adjacent to an activating group) is 1. The molecule has 2 nitrogen and oxygen atoms in total. The number of hydrogen-bond donors (Lipinski definition) is 1. The van der Waals surface area contributed by atoms with Crippen molar-refractivity contribution in [2.75, 3.05) is 13.7 Å². The Hall–Kier alpha value is -0.940. The summed E-state index contributed by atoms with van der Waals surface area (Å²) < 4.78 is 32.1. The third kappa shape index (κ3) is 2.35. The second-order valence-electron chi connectivity index (χ2n) is 3.73. The second kappa shape index (κ2) is 5.14. The maximum absolute atomic E-state index is 13.5. The van der Waals surface area contributed by atoms with Gasteiger partial charge in [-0.2, -0.15) is 0 Å². The number of rotatable bonds is 3. The van der Waals surface area contributed by atoms with Gasteiger partial charge in [-0.1, -0.05) is 6.07 Å². The minimum absolute atomic E-state index is 0.133. The van der Waals surface area contributed by atoms with Crippen molar-refractivity contribution in [3.05, 3.63) is 45.6 Å². The van der Waals surface area contributed by atoms with Crippen molar-refractivity contribution >= 4 is 15.9 Å². The van der Waals surface area contributed by atoms with E-state index in [0.29, 0.717) is 12.2 Å². The van der Waals surface area contributed by atoms with Crippen molar-refractivity contribution in [2.24, 2.45) is 0 Å². The summed E-state index contributed by atoms with van der Waals surface area (Å²) in [7, 11) is 1.75. The molecule has 0 aromatic heterocycles. The van der Waals surface area contributed by atoms with E-state index in [-0.39, 0.29) is 10.5 Å². The first kappa shape index (κ1) is 12.5. The molecule has 0 saturated carbocycles. The highest BCUT2D eigenvalue weighted by molar-refractivity contribution is 9.10. The lowest BCUT2D eigenvalue weighted by Gasteiger charge is -2.19. The predicted octanol–water partition coefficient (Wildman–Crippen LogP) is 3.29. The normalized spacial score (nSPS) is 16.6. The molecular formula is C12H12BrF2NO. The van der Waals surface area contributed by atoms with Crippen LogP contribution in [0.4, 0.5) is 8.78 Å². The fourth-order valence-corrected chi connectivity index (χ4v) is 2.40. The molecule has 0 fully saturated rings. The monoisotopic (exact) mass is 303 g/mol. The van der Waals surface area contributed by atoms with E-state index in [4.69, 9.17) is 4.74 Å². The van der Waals surface area contributed by atoms with Gasteiger partial charge < -0.3 is 10.1 Å². The zero-order valence-electron chi connectivity index (χ0n) is 9.27. The topological polar surface area (TPSA) is 21.3 Å². The molecule has 1 aromatic rings. The molecule has 0 amide bonds. The fourth-order valence-electron chi connectivity index (χ4n) is 1.85. The minimum atomic E-state index is -0.874. The lowest BCUT2D eigenvalue weighted by Crippen LogP contribution is -2.20. The summed E-state index contributed by atoms with van der Waals surface area (Å²) in [6.07, 6.45) is 2.80. The molecule has 1 heterocycles. The molecule has 17 heavy (non-hydrogen) atoms. The van der Waals surface area contributed by atoms with Crippen LogP contribution in [0.1, 0.15) is 18.0 Å². The Balaban J connectivity index is 2.41. The largest absolute Gasteiger partial charge is 0.496 e. The molecule has 1 unspecified atom stereocenters. The van der Waals surface area contributed by atoms with Gasteiger partial charge in [-0.05, 0) is 40.7 Å². The molecule has 1 N–H and O–H groups in total. The Morgan fingerprint density at radius 1 is 1.41 bits per heavy atom. The molecule has 0 spiro atoms. The fraction of sp³-hybridized carbons (Fsp3) is 0.333. The van der Waals surface area contributed by atoms with Gasteiger partial charge in [0.15, 0.2) is 11.6 Å². The SMILES string of the molecule is CNC(C1=CCCO1)c1ccc(F)c(F)c1Br. The van der Waals surface area contributed by atoms with Crippen LogP contribution in [0, 0.1) is 11.6 Å². The van der Waals surface area contributed by atoms with Crippen LogP contribution in [-0.2, 0) is 4.74 Å². The number of benzene rings is 1. The highest BCUT2D eigenvalue weighted by Gasteiger charge is 2.23. The first-order chi connectivity index (χ1) is 8.15. The first-order valence-corrected chi connectivity index (χ1v) is 6.08. The van der Waals surface area contributed by atoms with E-state index in [1.807, 2.05) is 6.08 Å². The maximum atomic E-state index is 13.5. The summed E-state index contributed by atoms with van der Waals surface area (Å²) in [6.45, 7) is 0.634. The van der Waals surface area contributed by atoms with E-state index in [2.05, 4.69) is 21.2 Å². The molecule has 1 aliphatic heterocycles. The summed E-state index contributed by atoms with van der Waals surface area (Å²) in [5.74, 6) is -0.989. The molecule has 0 radical (unpaired) electrons. The predicted molar refractivity (Wildman–Crippen MR) is 64.5 cm³/mol. The Morgan fingerprint density at radius 2 is 2.18 bits per heavy atom. The molecule has 1 atom stereocenters. The first-order valence-electron chi connectivity index (χ1n) is 5.28. The third-order valence-electron chi connectivity index (χ3n) is 2.68. The number of hydrogen-bond acceptors (Lipinski definition) is 2. The maximum Gasteiger partial charge on any atom is 0.173 e. The molecule has 1 aromatic carbocycles. The van der Waals surface area contributed by atoms with Crippen molar-refractivity contribution in [3.8, 4) is 0 Å². The summed E-state index contributed by atoms with van der Waals surface area (Å²) in [4.78, 5) is 0. The van der Waals surface area contributed by atoms with Gasteiger partial charge in [-0.3, -0.25) is 0 Å². The van der Waals surface area contributed by atoms with Crippen LogP contribution in [0.3, 0.4) is 0 Å². The summed E-state index contributed by atoms with van der Waals surface area (Å²) in [5.41, 5.74) is 0.625. The highest BCUT2D eigenvalue weighted by Crippen LogP contribution is 2.33. The van der Waals surface area contributed by atoms with Crippen LogP contribution >= 0.6 is 15.9 Å². The number of nitrogens with one attached hydrogen (secondary N) is 1. The van der Waals surface area contributed by atoms with Crippen LogP contribution in [0.15, 0.2) is 28.4 Å². The Morgan fingerprint density at radius 3 is 2.76 bits per heavy atom. The molecule has 0 saturated heterocycles. The van der Waals surface area contributed by atoms with Crippen molar-refractivity contribution in [3.63, 3.8) is 0 Å². The number of halogens is 3. The van der Waals surface area contributed by atoms with Crippen molar-refractivity contribution in [1.29, 1.82) is 0 Å². The van der Waals surface area contributed by atoms with Gasteiger partial charge in [0.2, 0.25) is 0 Å². The van der Waals surface area contributed by atoms with Crippen molar-refractivity contribution in [1.82, 2.24) is 5.32 Å². The van der Waals surface area contributed by atoms with E-state index < -0.39 is 11.6 Å². The molecule has 5 heteroatoms. The quantitative estimate of drug-likeness (QED) is 0.865. The molecule has 1 aliphatic rings. The van der Waals surface area contributed by atoms with Gasteiger partial charge in [0.05, 0.1) is 17.1 Å². The summed E-state index contributed by atoms with van der Waals surface area (Å²) in [5, 5.41) is 3.04. The summed E-state index contributed by atoms with van der Waals surface area (Å²) in [6, 6.07) is 2.41. The summed E-state index contributed by atoms with van der Waals surface area (Å²) >= 11 is 3.08. The van der Waals surface area contributed by atoms with Gasteiger partial charge >= 0.3 is 0 Å². The third-order valence-corrected chi connectivity index (χ3v) is 3.49. The lowest BCUT2D eigenvalue weighted by molar-refractivity contribution is 0.217. The van der Waals surface area contributed by atoms with E-state index in [1.165, 1.54) is 0 Å². The van der Waals surface area contributed by atoms with Crippen LogP contribution in [-0.4, -0.2) is 13.7 Å². The van der Waals surface area contributed by atoms with E-state index in [9.17, 15) is 8.78 Å². The van der Waals surface area contributed by atoms with E-state index in [0.717, 1.165) is 18.2 Å². The van der Waals surface area contributed by atoms with Crippen LogP contribution in [0.2, 0.25) is 0 Å². The zero-order valence-corrected chi connectivity index (χ0v) is 10.9. The van der Waals surface area contributed by atoms with Gasteiger partial charge in [0.25, 0.3) is 0 Å². The smallest absolute Gasteiger partial charge is 0.173 e. The van der Waals surface area contributed by atoms with Crippen LogP contribution in [0.5, 0.6) is 0 Å². The minimum Gasteiger partial charge on any atom is -0.496 e. The average molecular weight is 304 g/mol. The second-order valence-corrected chi connectivity index (χ2v) is 4.52. The zero-order chi connectivity index (χ0) is 12.4. The van der Waals surface area contributed by atoms with E-state index >= 15 is 0 Å². The van der Waals surface area contributed by atoms with Gasteiger partial charge in [0.1, 0.15) is 5.76 Å². The highest BCUT2D eigenvalue weighted by atomic mass is 79.9. The van der Waals surface area contributed by atoms with Crippen molar-refractivity contribution in [2.45, 2.75) is 12.5 Å². The van der Waals surface area contributed by atoms with Crippen LogP contribution < -0.4 is 5.32 Å². The lowest BCUT2D eigenvalue weighted by atomic mass is 10.0. The van der Waals surface area contributed by atoms with Crippen LogP contribution in [0.25, 0.3) is 0 Å². The van der Waals surface area contributed by atoms with Gasteiger partial charge in [0, 0.05) is 6.42 Å². The Kier molecular flexibility index (Phi) is 3.79. The Bertz CT molecular complexity index is 462. The molecule has 0 bridgehead atoms. The van der Waals surface area contributed by atoms with Gasteiger partial charge in [-0.15, -0.1) is 0 Å².